The van der Waals surface area contributed by atoms with Gasteiger partial charge in [-0.25, -0.2) is 11.6 Å². The van der Waals surface area contributed by atoms with Gasteiger partial charge in [-0.05, 0) is 12.8 Å². The molecule has 0 aromatic carbocycles. The first-order chi connectivity index (χ1) is 5.89. The van der Waals surface area contributed by atoms with E-state index in [0.29, 0.717) is 0 Å². The van der Waals surface area contributed by atoms with E-state index in [1.165, 1.54) is 18.4 Å². The molecule has 0 fully saturated rings. The van der Waals surface area contributed by atoms with E-state index in [1.807, 2.05) is 0 Å². The predicted octanol–water partition coefficient (Wildman–Crippen LogP) is 3.59. The van der Waals surface area contributed by atoms with E-state index >= 15 is 0 Å². The van der Waals surface area contributed by atoms with Crippen LogP contribution in [-0.2, 0) is 20.1 Å². The molecule has 0 aromatic heterocycles. The summed E-state index contributed by atoms with van der Waals surface area (Å²) in [5, 5.41) is 0. The quantitative estimate of drug-likeness (QED) is 0.585. The van der Waals surface area contributed by atoms with Crippen molar-refractivity contribution >= 4 is 0 Å². The molecule has 0 amide bonds. The molecule has 0 N–H and O–H groups in total. The Morgan fingerprint density at radius 1 is 1.08 bits per heavy atom. The van der Waals surface area contributed by atoms with Crippen LogP contribution in [0.3, 0.4) is 0 Å². The first-order valence-electron chi connectivity index (χ1n) is 4.45. The van der Waals surface area contributed by atoms with Crippen LogP contribution in [0.25, 0.3) is 0 Å². The Balaban J connectivity index is 0.000000206. The van der Waals surface area contributed by atoms with E-state index in [0.717, 1.165) is 6.42 Å². The zero-order valence-corrected chi connectivity index (χ0v) is 10.3. The third-order valence-electron chi connectivity index (χ3n) is 1.75. The Hall–Kier alpha value is -0.391. The molecule has 0 atom stereocenters. The van der Waals surface area contributed by atoms with Gasteiger partial charge in [0.1, 0.15) is 0 Å². The largest absolute Gasteiger partial charge is 0.270 e. The van der Waals surface area contributed by atoms with E-state index < -0.39 is 0 Å². The number of rotatable bonds is 0. The van der Waals surface area contributed by atoms with Gasteiger partial charge >= 0.3 is 0 Å². The Morgan fingerprint density at radius 3 is 1.85 bits per heavy atom. The fraction of sp³-hybridized carbons (Fsp3) is 0.333. The fourth-order valence-electron chi connectivity index (χ4n) is 1.06. The minimum Gasteiger partial charge on any atom is -0.270 e. The molecule has 0 unspecified atom stereocenters. The zero-order valence-electron chi connectivity index (χ0n) is 7.92. The van der Waals surface area contributed by atoms with Crippen molar-refractivity contribution in [2.45, 2.75) is 26.2 Å². The van der Waals surface area contributed by atoms with Crippen LogP contribution in [0, 0.1) is 6.08 Å². The Kier molecular flexibility index (Phi) is 7.97. The first-order valence-corrected chi connectivity index (χ1v) is 4.45. The second-order valence-electron chi connectivity index (χ2n) is 2.90. The summed E-state index contributed by atoms with van der Waals surface area (Å²) in [5.41, 5.74) is 1.27. The Labute approximate surface area is 94.5 Å². The van der Waals surface area contributed by atoms with E-state index in [1.54, 1.807) is 0 Å². The Morgan fingerprint density at radius 2 is 1.69 bits per heavy atom. The van der Waals surface area contributed by atoms with E-state index in [-0.39, 0.29) is 20.1 Å². The molecule has 0 nitrogen and oxygen atoms in total. The van der Waals surface area contributed by atoms with Crippen molar-refractivity contribution in [3.63, 3.8) is 0 Å². The SMILES string of the molecule is C1=CCCC=C1.CC1=[C-]CC=C1.[Ir]. The predicted molar refractivity (Wildman–Crippen MR) is 53.7 cm³/mol. The summed E-state index contributed by atoms with van der Waals surface area (Å²) in [6.45, 7) is 2.06. The fourth-order valence-corrected chi connectivity index (χ4v) is 1.06. The van der Waals surface area contributed by atoms with Gasteiger partial charge in [0.05, 0.1) is 0 Å². The van der Waals surface area contributed by atoms with E-state index in [9.17, 15) is 0 Å². The Bertz CT molecular complexity index is 217. The average molecular weight is 351 g/mol. The van der Waals surface area contributed by atoms with Crippen LogP contribution in [0.4, 0.5) is 0 Å². The summed E-state index contributed by atoms with van der Waals surface area (Å²) in [5.74, 6) is 0. The second kappa shape index (κ2) is 8.22. The molecule has 0 heterocycles. The van der Waals surface area contributed by atoms with Crippen molar-refractivity contribution in [1.82, 2.24) is 0 Å². The molecule has 0 saturated carbocycles. The van der Waals surface area contributed by atoms with Crippen LogP contribution in [-0.4, -0.2) is 0 Å². The van der Waals surface area contributed by atoms with Gasteiger partial charge in [0.15, 0.2) is 0 Å². The number of hydrogen-bond acceptors (Lipinski definition) is 0. The monoisotopic (exact) mass is 352 g/mol. The van der Waals surface area contributed by atoms with Gasteiger partial charge in [0, 0.05) is 20.1 Å². The maximum absolute atomic E-state index is 3.12. The van der Waals surface area contributed by atoms with Crippen molar-refractivity contribution in [3.05, 3.63) is 48.1 Å². The molecule has 2 rings (SSSR count). The van der Waals surface area contributed by atoms with Crippen LogP contribution in [0.5, 0.6) is 0 Å². The molecule has 73 valence electrons. The maximum atomic E-state index is 3.12. The topological polar surface area (TPSA) is 0 Å². The molecule has 0 aromatic rings. The van der Waals surface area contributed by atoms with Crippen molar-refractivity contribution in [1.29, 1.82) is 0 Å². The molecule has 0 aliphatic heterocycles. The van der Waals surface area contributed by atoms with Crippen molar-refractivity contribution in [2.75, 3.05) is 0 Å². The van der Waals surface area contributed by atoms with Crippen LogP contribution in [0.2, 0.25) is 0 Å². The molecule has 0 spiro atoms. The second-order valence-corrected chi connectivity index (χ2v) is 2.90. The molecular formula is C12H15Ir-. The summed E-state index contributed by atoms with van der Waals surface area (Å²) in [4.78, 5) is 0. The van der Waals surface area contributed by atoms with Gasteiger partial charge in [-0.15, -0.1) is 6.42 Å². The summed E-state index contributed by atoms with van der Waals surface area (Å²) >= 11 is 0. The normalized spacial score (nSPS) is 17.2. The molecular weight excluding hydrogens is 336 g/mol. The van der Waals surface area contributed by atoms with Gasteiger partial charge in [0.25, 0.3) is 0 Å². The number of hydrogen-bond donors (Lipinski definition) is 0. The third-order valence-corrected chi connectivity index (χ3v) is 1.75. The van der Waals surface area contributed by atoms with Gasteiger partial charge < -0.3 is 0 Å². The molecule has 13 heavy (non-hydrogen) atoms. The van der Waals surface area contributed by atoms with E-state index in [4.69, 9.17) is 0 Å². The summed E-state index contributed by atoms with van der Waals surface area (Å²) in [6.07, 6.45) is 19.3. The molecule has 0 saturated heterocycles. The smallest absolute Gasteiger partial charge is 0 e. The average Bonchev–Trinajstić information content (AvgIpc) is 2.60. The molecule has 2 aliphatic rings. The summed E-state index contributed by atoms with van der Waals surface area (Å²) in [6, 6.07) is 0. The van der Waals surface area contributed by atoms with E-state index in [2.05, 4.69) is 49.5 Å². The van der Waals surface area contributed by atoms with Crippen LogP contribution in [0.15, 0.2) is 42.0 Å². The third kappa shape index (κ3) is 6.74. The summed E-state index contributed by atoms with van der Waals surface area (Å²) in [7, 11) is 0. The zero-order chi connectivity index (χ0) is 8.65. The van der Waals surface area contributed by atoms with Gasteiger partial charge in [0.2, 0.25) is 0 Å². The van der Waals surface area contributed by atoms with Crippen LogP contribution >= 0.6 is 0 Å². The molecule has 1 radical (unpaired) electrons. The van der Waals surface area contributed by atoms with Crippen LogP contribution in [0.1, 0.15) is 26.2 Å². The van der Waals surface area contributed by atoms with Crippen molar-refractivity contribution in [3.8, 4) is 0 Å². The molecule has 0 bridgehead atoms. The van der Waals surface area contributed by atoms with Crippen molar-refractivity contribution < 1.29 is 20.1 Å². The molecule has 2 aliphatic carbocycles. The maximum Gasteiger partial charge on any atom is 0 e. The summed E-state index contributed by atoms with van der Waals surface area (Å²) < 4.78 is 0. The minimum absolute atomic E-state index is 0. The minimum atomic E-state index is 0. The van der Waals surface area contributed by atoms with Gasteiger partial charge in [-0.2, -0.15) is 6.08 Å². The van der Waals surface area contributed by atoms with Gasteiger partial charge in [-0.3, -0.25) is 6.08 Å². The molecule has 1 heteroatoms. The standard InChI is InChI=1S/C6H7.C6H8.Ir/c1-6-4-2-3-5-6;1-2-4-6-5-3-1;/h2,4H,3H2,1H3;1-4H,5-6H2;/q-1;;. The van der Waals surface area contributed by atoms with Gasteiger partial charge in [-0.1, -0.05) is 31.2 Å². The first kappa shape index (κ1) is 12.6. The number of allylic oxidation sites excluding steroid dienone is 8. The van der Waals surface area contributed by atoms with Crippen molar-refractivity contribution in [2.24, 2.45) is 0 Å². The van der Waals surface area contributed by atoms with Crippen LogP contribution < -0.4 is 0 Å².